The number of pyridine rings is 1. The Kier molecular flexibility index (Phi) is 6.15. The molecule has 0 unspecified atom stereocenters. The molecular weight excluding hydrogens is 348 g/mol. The van der Waals surface area contributed by atoms with Crippen molar-refractivity contribution < 1.29 is 19.1 Å². The zero-order chi connectivity index (χ0) is 19.7. The van der Waals surface area contributed by atoms with Gasteiger partial charge in [-0.2, -0.15) is 0 Å². The van der Waals surface area contributed by atoms with Crippen LogP contribution in [0.5, 0.6) is 0 Å². The van der Waals surface area contributed by atoms with Crippen LogP contribution in [0, 0.1) is 5.92 Å². The van der Waals surface area contributed by atoms with Crippen LogP contribution in [0.2, 0.25) is 18.1 Å². The molecule has 0 spiro atoms. The molecule has 1 aliphatic heterocycles. The fourth-order valence-corrected chi connectivity index (χ4v) is 4.23. The zero-order valence-electron chi connectivity index (χ0n) is 16.7. The highest BCUT2D eigenvalue weighted by molar-refractivity contribution is 6.72. The molecule has 0 bridgehead atoms. The minimum atomic E-state index is -2.38. The molecule has 2 rings (SSSR count). The molecular formula is C19H32N2O4Si. The monoisotopic (exact) mass is 380 g/mol. The summed E-state index contributed by atoms with van der Waals surface area (Å²) in [6, 6.07) is 1.85. The van der Waals surface area contributed by atoms with Crippen molar-refractivity contribution in [1.82, 2.24) is 4.98 Å². The number of carbonyl (C=O) groups excluding carboxylic acids is 1. The van der Waals surface area contributed by atoms with E-state index in [0.29, 0.717) is 12.1 Å². The van der Waals surface area contributed by atoms with Crippen LogP contribution in [0.3, 0.4) is 0 Å². The van der Waals surface area contributed by atoms with Crippen LogP contribution in [-0.2, 0) is 14.3 Å². The maximum Gasteiger partial charge on any atom is 0.302 e. The zero-order valence-corrected chi connectivity index (χ0v) is 17.7. The van der Waals surface area contributed by atoms with Crippen molar-refractivity contribution in [3.8, 4) is 0 Å². The number of esters is 1. The van der Waals surface area contributed by atoms with Gasteiger partial charge < -0.3 is 20.0 Å². The third-order valence-electron chi connectivity index (χ3n) is 5.86. The van der Waals surface area contributed by atoms with Crippen LogP contribution < -0.4 is 5.73 Å². The predicted octanol–water partition coefficient (Wildman–Crippen LogP) is 3.43. The molecule has 146 valence electrons. The van der Waals surface area contributed by atoms with Gasteiger partial charge in [0, 0.05) is 31.0 Å². The highest BCUT2D eigenvalue weighted by Gasteiger charge is 2.46. The molecule has 26 heavy (non-hydrogen) atoms. The average molecular weight is 381 g/mol. The number of carbonyl (C=O) groups is 1. The van der Waals surface area contributed by atoms with Gasteiger partial charge in [-0.05, 0) is 37.5 Å². The average Bonchev–Trinajstić information content (AvgIpc) is 2.49. The third kappa shape index (κ3) is 4.63. The number of nitrogen functional groups attached to an aromatic ring is 1. The van der Waals surface area contributed by atoms with Crippen LogP contribution in [0.4, 0.5) is 5.69 Å². The van der Waals surface area contributed by atoms with Crippen molar-refractivity contribution >= 4 is 20.0 Å². The van der Waals surface area contributed by atoms with Crippen molar-refractivity contribution in [3.05, 3.63) is 24.0 Å². The normalized spacial score (nSPS) is 27.2. The molecule has 1 aliphatic rings. The number of anilines is 1. The van der Waals surface area contributed by atoms with E-state index in [-0.39, 0.29) is 35.2 Å². The molecule has 6 nitrogen and oxygen atoms in total. The standard InChI is InChI=1S/C19H32N2O4Si/c1-12-15(10-19(3,4)26(5,6)23)18(25-13(2)22)9-17(24-12)14-7-8-21-11-16(14)20/h7-8,11-12,15,17-18,23H,9-10,20H2,1-6H3/t12-,15-,17-,18+/m1/s1. The fraction of sp³-hybridized carbons (Fsp3) is 0.684. The number of hydrogen-bond donors (Lipinski definition) is 2. The maximum absolute atomic E-state index is 11.7. The van der Waals surface area contributed by atoms with Gasteiger partial charge in [-0.25, -0.2) is 0 Å². The van der Waals surface area contributed by atoms with Gasteiger partial charge in [-0.3, -0.25) is 9.78 Å². The minimum absolute atomic E-state index is 0.0205. The van der Waals surface area contributed by atoms with Crippen molar-refractivity contribution in [1.29, 1.82) is 0 Å². The lowest BCUT2D eigenvalue weighted by molar-refractivity contribution is -0.174. The molecule has 0 radical (unpaired) electrons. The Morgan fingerprint density at radius 1 is 1.50 bits per heavy atom. The Balaban J connectivity index is 2.27. The summed E-state index contributed by atoms with van der Waals surface area (Å²) in [7, 11) is -2.38. The maximum atomic E-state index is 11.7. The first kappa shape index (κ1) is 20.9. The SMILES string of the molecule is CC(=O)O[C@H]1C[C@H](c2ccncc2N)O[C@H](C)[C@H]1CC(C)(C)[Si](C)(C)O. The highest BCUT2D eigenvalue weighted by atomic mass is 28.4. The number of aromatic nitrogens is 1. The summed E-state index contributed by atoms with van der Waals surface area (Å²) in [5.74, 6) is -0.277. The first-order chi connectivity index (χ1) is 11.9. The van der Waals surface area contributed by atoms with E-state index in [4.69, 9.17) is 15.2 Å². The summed E-state index contributed by atoms with van der Waals surface area (Å²) in [6.07, 6.45) is 3.95. The Morgan fingerprint density at radius 2 is 2.15 bits per heavy atom. The Hall–Kier alpha value is -1.44. The van der Waals surface area contributed by atoms with Gasteiger partial charge in [0.25, 0.3) is 0 Å². The molecule has 0 aromatic carbocycles. The van der Waals surface area contributed by atoms with E-state index in [9.17, 15) is 9.59 Å². The summed E-state index contributed by atoms with van der Waals surface area (Å²) >= 11 is 0. The van der Waals surface area contributed by atoms with E-state index >= 15 is 0 Å². The lowest BCUT2D eigenvalue weighted by Crippen LogP contribution is -2.47. The molecule has 1 fully saturated rings. The van der Waals surface area contributed by atoms with Gasteiger partial charge in [0.2, 0.25) is 0 Å². The van der Waals surface area contributed by atoms with Crippen LogP contribution in [0.15, 0.2) is 18.5 Å². The topological polar surface area (TPSA) is 94.7 Å². The summed E-state index contributed by atoms with van der Waals surface area (Å²) < 4.78 is 12.0. The van der Waals surface area contributed by atoms with E-state index in [0.717, 1.165) is 12.0 Å². The smallest absolute Gasteiger partial charge is 0.302 e. The van der Waals surface area contributed by atoms with E-state index in [2.05, 4.69) is 18.8 Å². The Labute approximate surface area is 157 Å². The highest BCUT2D eigenvalue weighted by Crippen LogP contribution is 2.47. The second-order valence-electron chi connectivity index (χ2n) is 8.53. The molecule has 0 aliphatic carbocycles. The first-order valence-corrected chi connectivity index (χ1v) is 12.1. The van der Waals surface area contributed by atoms with Gasteiger partial charge in [0.1, 0.15) is 6.10 Å². The molecule has 1 aromatic heterocycles. The van der Waals surface area contributed by atoms with Crippen molar-refractivity contribution in [2.75, 3.05) is 5.73 Å². The van der Waals surface area contributed by atoms with E-state index in [1.807, 2.05) is 26.1 Å². The number of nitrogens with two attached hydrogens (primary N) is 1. The number of ether oxygens (including phenoxy) is 2. The van der Waals surface area contributed by atoms with Gasteiger partial charge in [0.15, 0.2) is 8.32 Å². The molecule has 1 aromatic rings. The minimum Gasteiger partial charge on any atom is -0.462 e. The van der Waals surface area contributed by atoms with Crippen molar-refractivity contribution in [2.45, 2.75) is 77.0 Å². The molecule has 0 saturated carbocycles. The van der Waals surface area contributed by atoms with E-state index < -0.39 is 8.32 Å². The first-order valence-electron chi connectivity index (χ1n) is 9.17. The van der Waals surface area contributed by atoms with Gasteiger partial charge >= 0.3 is 5.97 Å². The Morgan fingerprint density at radius 3 is 2.69 bits per heavy atom. The molecule has 1 saturated heterocycles. The van der Waals surface area contributed by atoms with E-state index in [1.165, 1.54) is 6.92 Å². The number of nitrogens with zero attached hydrogens (tertiary/aromatic N) is 1. The summed E-state index contributed by atoms with van der Waals surface area (Å²) in [5, 5.41) is -0.226. The molecule has 4 atom stereocenters. The predicted molar refractivity (Wildman–Crippen MR) is 104 cm³/mol. The molecule has 3 N–H and O–H groups in total. The van der Waals surface area contributed by atoms with Crippen LogP contribution in [-0.4, -0.2) is 36.3 Å². The second kappa shape index (κ2) is 7.66. The van der Waals surface area contributed by atoms with Crippen molar-refractivity contribution in [2.24, 2.45) is 5.92 Å². The number of hydrogen-bond acceptors (Lipinski definition) is 6. The summed E-state index contributed by atoms with van der Waals surface area (Å²) in [4.78, 5) is 26.4. The van der Waals surface area contributed by atoms with Crippen LogP contribution in [0.1, 0.15) is 52.2 Å². The molecule has 7 heteroatoms. The second-order valence-corrected chi connectivity index (χ2v) is 13.0. The van der Waals surface area contributed by atoms with Gasteiger partial charge in [-0.1, -0.05) is 13.8 Å². The molecule has 2 heterocycles. The summed E-state index contributed by atoms with van der Waals surface area (Å²) in [6.45, 7) is 11.5. The lowest BCUT2D eigenvalue weighted by Gasteiger charge is -2.45. The largest absolute Gasteiger partial charge is 0.462 e. The lowest BCUT2D eigenvalue weighted by atomic mass is 9.81. The molecule has 0 amide bonds. The van der Waals surface area contributed by atoms with Crippen LogP contribution in [0.25, 0.3) is 0 Å². The van der Waals surface area contributed by atoms with Crippen LogP contribution >= 0.6 is 0 Å². The quantitative estimate of drug-likeness (QED) is 0.600. The third-order valence-corrected chi connectivity index (χ3v) is 9.38. The number of rotatable bonds is 5. The summed E-state index contributed by atoms with van der Waals surface area (Å²) in [5.41, 5.74) is 7.51. The van der Waals surface area contributed by atoms with E-state index in [1.54, 1.807) is 12.4 Å². The Bertz CT molecular complexity index is 645. The van der Waals surface area contributed by atoms with Gasteiger partial charge in [0.05, 0.1) is 24.1 Å². The van der Waals surface area contributed by atoms with Gasteiger partial charge in [-0.15, -0.1) is 0 Å². The van der Waals surface area contributed by atoms with Crippen molar-refractivity contribution in [3.63, 3.8) is 0 Å². The fourth-order valence-electron chi connectivity index (χ4n) is 3.50.